The van der Waals surface area contributed by atoms with Crippen LogP contribution in [0.15, 0.2) is 29.4 Å². The maximum atomic E-state index is 12.1. The van der Waals surface area contributed by atoms with Gasteiger partial charge in [-0.15, -0.1) is 13.2 Å². The highest BCUT2D eigenvalue weighted by molar-refractivity contribution is 5.89. The summed E-state index contributed by atoms with van der Waals surface area (Å²) >= 11 is 0. The molecule has 106 valence electrons. The first-order chi connectivity index (χ1) is 9.31. The fourth-order valence-electron chi connectivity index (χ4n) is 1.31. The maximum Gasteiger partial charge on any atom is 0.573 e. The zero-order valence-electron chi connectivity index (χ0n) is 9.83. The number of azide groups is 1. The van der Waals surface area contributed by atoms with Crippen molar-refractivity contribution in [2.75, 3.05) is 6.54 Å². The molecule has 0 fully saturated rings. The van der Waals surface area contributed by atoms with Crippen LogP contribution in [0.1, 0.15) is 15.9 Å². The van der Waals surface area contributed by atoms with E-state index >= 15 is 0 Å². The molecule has 0 atom stereocenters. The van der Waals surface area contributed by atoms with Gasteiger partial charge in [0.1, 0.15) is 5.75 Å². The summed E-state index contributed by atoms with van der Waals surface area (Å²) in [6.07, 6.45) is -2.22. The lowest BCUT2D eigenvalue weighted by molar-refractivity contribution is -0.274. The van der Waals surface area contributed by atoms with E-state index in [1.54, 1.807) is 0 Å². The molecule has 6 nitrogen and oxygen atoms in total. The van der Waals surface area contributed by atoms with E-state index in [1.165, 1.54) is 12.2 Å². The first kappa shape index (κ1) is 15.4. The third-order valence-electron chi connectivity index (χ3n) is 1.97. The largest absolute Gasteiger partial charge is 0.573 e. The number of alkyl halides is 3. The highest BCUT2D eigenvalue weighted by atomic mass is 19.4. The number of hydrogen-bond donors (Lipinski definition) is 1. The fraction of sp³-hybridized carbons (Fsp3) is 0.182. The maximum absolute atomic E-state index is 12.1. The molecule has 0 amide bonds. The summed E-state index contributed by atoms with van der Waals surface area (Å²) in [5.41, 5.74) is 7.88. The molecular weight excluding hydrogens is 279 g/mol. The van der Waals surface area contributed by atoms with Crippen LogP contribution in [-0.4, -0.2) is 24.0 Å². The van der Waals surface area contributed by atoms with Crippen LogP contribution in [-0.2, 0) is 0 Å². The predicted octanol–water partition coefficient (Wildman–Crippen LogP) is 3.61. The fourth-order valence-corrected chi connectivity index (χ4v) is 1.31. The van der Waals surface area contributed by atoms with Gasteiger partial charge in [-0.05, 0) is 29.3 Å². The zero-order chi connectivity index (χ0) is 15.2. The molecule has 1 aromatic rings. The molecule has 0 aliphatic heterocycles. The minimum atomic E-state index is -4.91. The van der Waals surface area contributed by atoms with E-state index in [9.17, 15) is 18.0 Å². The van der Waals surface area contributed by atoms with Crippen molar-refractivity contribution in [2.45, 2.75) is 6.36 Å². The van der Waals surface area contributed by atoms with Gasteiger partial charge >= 0.3 is 12.3 Å². The SMILES string of the molecule is [N-]=[N+]=NCC=Cc1cc(OC(F)(F)F)cc(C(=O)O)c1. The van der Waals surface area contributed by atoms with E-state index in [-0.39, 0.29) is 17.7 Å². The lowest BCUT2D eigenvalue weighted by Gasteiger charge is -2.10. The smallest absolute Gasteiger partial charge is 0.478 e. The Morgan fingerprint density at radius 2 is 2.15 bits per heavy atom. The molecule has 1 aromatic carbocycles. The summed E-state index contributed by atoms with van der Waals surface area (Å²) in [5.74, 6) is -2.02. The van der Waals surface area contributed by atoms with E-state index in [1.807, 2.05) is 0 Å². The van der Waals surface area contributed by atoms with Gasteiger partial charge in [-0.3, -0.25) is 0 Å². The zero-order valence-corrected chi connectivity index (χ0v) is 9.83. The molecule has 0 aromatic heterocycles. The lowest BCUT2D eigenvalue weighted by Crippen LogP contribution is -2.17. The number of nitrogens with zero attached hydrogens (tertiary/aromatic N) is 3. The number of rotatable bonds is 5. The van der Waals surface area contributed by atoms with Crippen molar-refractivity contribution in [2.24, 2.45) is 5.11 Å². The lowest BCUT2D eigenvalue weighted by atomic mass is 10.1. The topological polar surface area (TPSA) is 95.3 Å². The Morgan fingerprint density at radius 1 is 1.45 bits per heavy atom. The van der Waals surface area contributed by atoms with Crippen molar-refractivity contribution in [3.05, 3.63) is 45.8 Å². The van der Waals surface area contributed by atoms with Gasteiger partial charge in [0, 0.05) is 11.5 Å². The summed E-state index contributed by atoms with van der Waals surface area (Å²) < 4.78 is 40.0. The van der Waals surface area contributed by atoms with Crippen LogP contribution >= 0.6 is 0 Å². The Labute approximate surface area is 110 Å². The van der Waals surface area contributed by atoms with Gasteiger partial charge in [0.15, 0.2) is 0 Å². The molecule has 0 saturated heterocycles. The molecule has 9 heteroatoms. The molecule has 20 heavy (non-hydrogen) atoms. The van der Waals surface area contributed by atoms with E-state index in [4.69, 9.17) is 10.6 Å². The summed E-state index contributed by atoms with van der Waals surface area (Å²) in [6, 6.07) is 2.95. The van der Waals surface area contributed by atoms with Gasteiger partial charge in [-0.1, -0.05) is 17.3 Å². The van der Waals surface area contributed by atoms with Crippen molar-refractivity contribution in [3.63, 3.8) is 0 Å². The number of benzene rings is 1. The average molecular weight is 287 g/mol. The second kappa shape index (κ2) is 6.48. The van der Waals surface area contributed by atoms with E-state index in [0.717, 1.165) is 18.2 Å². The van der Waals surface area contributed by atoms with Gasteiger partial charge in [0.2, 0.25) is 0 Å². The van der Waals surface area contributed by atoms with Gasteiger partial charge in [0.25, 0.3) is 0 Å². The van der Waals surface area contributed by atoms with Crippen LogP contribution in [0.25, 0.3) is 16.5 Å². The number of ether oxygens (including phenoxy) is 1. The van der Waals surface area contributed by atoms with Crippen LogP contribution in [0.3, 0.4) is 0 Å². The molecule has 0 aliphatic rings. The van der Waals surface area contributed by atoms with Crippen molar-refractivity contribution < 1.29 is 27.8 Å². The van der Waals surface area contributed by atoms with Crippen LogP contribution in [0.5, 0.6) is 5.75 Å². The van der Waals surface area contributed by atoms with Crippen LogP contribution in [0.2, 0.25) is 0 Å². The van der Waals surface area contributed by atoms with Crippen LogP contribution < -0.4 is 4.74 Å². The number of carboxylic acids is 1. The number of carboxylic acid groups (broad SMARTS) is 1. The Balaban J connectivity index is 3.07. The van der Waals surface area contributed by atoms with Crippen molar-refractivity contribution in [3.8, 4) is 5.75 Å². The number of hydrogen-bond acceptors (Lipinski definition) is 3. The van der Waals surface area contributed by atoms with Crippen molar-refractivity contribution in [1.29, 1.82) is 0 Å². The average Bonchev–Trinajstić information content (AvgIpc) is 2.32. The summed E-state index contributed by atoms with van der Waals surface area (Å²) in [6.45, 7) is -0.0107. The Kier molecular flexibility index (Phi) is 4.99. The molecule has 0 unspecified atom stereocenters. The van der Waals surface area contributed by atoms with Crippen molar-refractivity contribution >= 4 is 12.0 Å². The second-order valence-electron chi connectivity index (χ2n) is 3.46. The number of halogens is 3. The Morgan fingerprint density at radius 3 is 2.70 bits per heavy atom. The van der Waals surface area contributed by atoms with Crippen LogP contribution in [0.4, 0.5) is 13.2 Å². The minimum Gasteiger partial charge on any atom is -0.478 e. The molecule has 0 bridgehead atoms. The predicted molar refractivity (Wildman–Crippen MR) is 63.1 cm³/mol. The quantitative estimate of drug-likeness (QED) is 0.509. The molecule has 0 spiro atoms. The molecule has 0 heterocycles. The normalized spacial score (nSPS) is 11.2. The third kappa shape index (κ3) is 5.32. The molecule has 1 rings (SSSR count). The van der Waals surface area contributed by atoms with Gasteiger partial charge < -0.3 is 9.84 Å². The van der Waals surface area contributed by atoms with E-state index in [2.05, 4.69) is 14.8 Å². The summed E-state index contributed by atoms with van der Waals surface area (Å²) in [5, 5.41) is 12.0. The molecule has 1 N–H and O–H groups in total. The monoisotopic (exact) mass is 287 g/mol. The first-order valence-electron chi connectivity index (χ1n) is 5.13. The highest BCUT2D eigenvalue weighted by Gasteiger charge is 2.31. The molecule has 0 aliphatic carbocycles. The molecule has 0 saturated carbocycles. The van der Waals surface area contributed by atoms with Crippen LogP contribution in [0, 0.1) is 0 Å². The molecule has 0 radical (unpaired) electrons. The van der Waals surface area contributed by atoms with Gasteiger partial charge in [-0.2, -0.15) is 0 Å². The second-order valence-corrected chi connectivity index (χ2v) is 3.46. The molecular formula is C11H8F3N3O3. The number of aromatic carboxylic acids is 1. The van der Waals surface area contributed by atoms with E-state index < -0.39 is 18.1 Å². The first-order valence-corrected chi connectivity index (χ1v) is 5.13. The van der Waals surface area contributed by atoms with Crippen molar-refractivity contribution in [1.82, 2.24) is 0 Å². The Hall–Kier alpha value is -2.67. The highest BCUT2D eigenvalue weighted by Crippen LogP contribution is 2.25. The van der Waals surface area contributed by atoms with E-state index in [0.29, 0.717) is 0 Å². The summed E-state index contributed by atoms with van der Waals surface area (Å²) in [7, 11) is 0. The van der Waals surface area contributed by atoms with Gasteiger partial charge in [0.05, 0.1) is 5.56 Å². The Bertz CT molecular complexity index is 578. The summed E-state index contributed by atoms with van der Waals surface area (Å²) in [4.78, 5) is 13.3. The number of carbonyl (C=O) groups is 1. The standard InChI is InChI=1S/C11H8F3N3O3/c12-11(13,14)20-9-5-7(2-1-3-16-17-15)4-8(6-9)10(18)19/h1-2,4-6H,3H2,(H,18,19). The van der Waals surface area contributed by atoms with Gasteiger partial charge in [-0.25, -0.2) is 4.79 Å². The third-order valence-corrected chi connectivity index (χ3v) is 1.97. The minimum absolute atomic E-state index is 0.0107.